The number of anilines is 1. The van der Waals surface area contributed by atoms with Crippen molar-refractivity contribution in [1.82, 2.24) is 0 Å². The molecule has 1 amide bonds. The molecule has 0 fully saturated rings. The molecule has 0 radical (unpaired) electrons. The molecular formula is C10H9BrFNOS. The van der Waals surface area contributed by atoms with E-state index >= 15 is 0 Å². The molecule has 15 heavy (non-hydrogen) atoms. The lowest BCUT2D eigenvalue weighted by atomic mass is 10.2. The first-order valence-electron chi connectivity index (χ1n) is 4.50. The first kappa shape index (κ1) is 11.0. The van der Waals surface area contributed by atoms with E-state index in [1.54, 1.807) is 17.8 Å². The Bertz CT molecular complexity index is 424. The van der Waals surface area contributed by atoms with Crippen molar-refractivity contribution in [1.29, 1.82) is 0 Å². The lowest BCUT2D eigenvalue weighted by molar-refractivity contribution is -0.118. The highest BCUT2D eigenvalue weighted by Gasteiger charge is 2.21. The van der Waals surface area contributed by atoms with Gasteiger partial charge in [-0.1, -0.05) is 6.92 Å². The molecule has 1 heterocycles. The molecule has 1 atom stereocenters. The van der Waals surface area contributed by atoms with Crippen molar-refractivity contribution in [3.05, 3.63) is 22.4 Å². The highest BCUT2D eigenvalue weighted by molar-refractivity contribution is 9.10. The number of thioether (sulfide) groups is 1. The molecule has 1 aliphatic rings. The molecule has 1 aliphatic heterocycles. The zero-order chi connectivity index (χ0) is 11.0. The third-order valence-corrected chi connectivity index (χ3v) is 4.14. The van der Waals surface area contributed by atoms with E-state index in [1.807, 2.05) is 6.92 Å². The zero-order valence-electron chi connectivity index (χ0n) is 8.01. The number of halogens is 2. The van der Waals surface area contributed by atoms with Crippen LogP contribution in [0.2, 0.25) is 0 Å². The number of amides is 1. The summed E-state index contributed by atoms with van der Waals surface area (Å²) in [5.41, 5.74) is 0.565. The summed E-state index contributed by atoms with van der Waals surface area (Å²) in [6, 6.07) is 3.05. The summed E-state index contributed by atoms with van der Waals surface area (Å²) in [6.45, 7) is 1.86. The lowest BCUT2D eigenvalue weighted by Gasteiger charge is -2.07. The van der Waals surface area contributed by atoms with Gasteiger partial charge >= 0.3 is 0 Å². The first-order chi connectivity index (χ1) is 7.08. The second kappa shape index (κ2) is 4.14. The smallest absolute Gasteiger partial charge is 0.228 e. The van der Waals surface area contributed by atoms with Crippen LogP contribution in [0.1, 0.15) is 6.92 Å². The largest absolute Gasteiger partial charge is 0.325 e. The second-order valence-corrected chi connectivity index (χ2v) is 5.38. The first-order valence-corrected chi connectivity index (χ1v) is 6.28. The summed E-state index contributed by atoms with van der Waals surface area (Å²) in [5.74, 6) is 0.257. The molecule has 0 saturated heterocycles. The molecular weight excluding hydrogens is 281 g/mol. The van der Waals surface area contributed by atoms with E-state index in [0.29, 0.717) is 10.2 Å². The van der Waals surface area contributed by atoms with Crippen molar-refractivity contribution in [2.75, 3.05) is 11.1 Å². The summed E-state index contributed by atoms with van der Waals surface area (Å²) in [7, 11) is 0. The number of carbonyl (C=O) groups excluding carboxylic acids is 1. The molecule has 0 bridgehead atoms. The third kappa shape index (κ3) is 2.18. The fourth-order valence-electron chi connectivity index (χ4n) is 1.29. The van der Waals surface area contributed by atoms with Crippen LogP contribution >= 0.6 is 27.7 Å². The number of benzene rings is 1. The van der Waals surface area contributed by atoms with Crippen LogP contribution in [0.3, 0.4) is 0 Å². The molecule has 2 rings (SSSR count). The van der Waals surface area contributed by atoms with Gasteiger partial charge in [0.2, 0.25) is 5.91 Å². The summed E-state index contributed by atoms with van der Waals surface area (Å²) < 4.78 is 13.7. The van der Waals surface area contributed by atoms with Gasteiger partial charge in [-0.15, -0.1) is 11.8 Å². The van der Waals surface area contributed by atoms with Crippen LogP contribution < -0.4 is 5.32 Å². The van der Waals surface area contributed by atoms with E-state index < -0.39 is 0 Å². The van der Waals surface area contributed by atoms with Gasteiger partial charge in [-0.25, -0.2) is 4.39 Å². The van der Waals surface area contributed by atoms with Crippen LogP contribution in [0.5, 0.6) is 0 Å². The van der Waals surface area contributed by atoms with Gasteiger partial charge in [-0.05, 0) is 28.1 Å². The Morgan fingerprint density at radius 1 is 1.60 bits per heavy atom. The van der Waals surface area contributed by atoms with E-state index in [4.69, 9.17) is 0 Å². The number of rotatable bonds is 0. The number of carbonyl (C=O) groups is 1. The van der Waals surface area contributed by atoms with Crippen molar-refractivity contribution in [2.24, 2.45) is 5.92 Å². The Hall–Kier alpha value is -0.550. The van der Waals surface area contributed by atoms with Crippen molar-refractivity contribution in [3.63, 3.8) is 0 Å². The fourth-order valence-corrected chi connectivity index (χ4v) is 2.83. The predicted octanol–water partition coefficient (Wildman–Crippen LogP) is 3.27. The Morgan fingerprint density at radius 3 is 3.07 bits per heavy atom. The van der Waals surface area contributed by atoms with Gasteiger partial charge in [0.25, 0.3) is 0 Å². The summed E-state index contributed by atoms with van der Waals surface area (Å²) in [4.78, 5) is 12.4. The van der Waals surface area contributed by atoms with Gasteiger partial charge in [-0.2, -0.15) is 0 Å². The molecule has 80 valence electrons. The molecule has 1 N–H and O–H groups in total. The van der Waals surface area contributed by atoms with Crippen molar-refractivity contribution < 1.29 is 9.18 Å². The van der Waals surface area contributed by atoms with Gasteiger partial charge in [0.15, 0.2) is 0 Å². The minimum atomic E-state index is -0.357. The molecule has 5 heteroatoms. The zero-order valence-corrected chi connectivity index (χ0v) is 10.4. The summed E-state index contributed by atoms with van der Waals surface area (Å²) in [6.07, 6.45) is 0. The fraction of sp³-hybridized carbons (Fsp3) is 0.300. The van der Waals surface area contributed by atoms with Crippen molar-refractivity contribution in [2.45, 2.75) is 11.8 Å². The number of nitrogens with one attached hydrogen (secondary N) is 1. The maximum Gasteiger partial charge on any atom is 0.228 e. The van der Waals surface area contributed by atoms with Crippen LogP contribution in [0.15, 0.2) is 21.5 Å². The Balaban J connectivity index is 2.43. The maximum absolute atomic E-state index is 13.3. The molecule has 0 spiro atoms. The van der Waals surface area contributed by atoms with Crippen LogP contribution in [0.25, 0.3) is 0 Å². The monoisotopic (exact) mass is 289 g/mol. The highest BCUT2D eigenvalue weighted by Crippen LogP contribution is 2.35. The van der Waals surface area contributed by atoms with Crippen LogP contribution in [-0.2, 0) is 4.79 Å². The molecule has 0 aliphatic carbocycles. The Morgan fingerprint density at radius 2 is 2.33 bits per heavy atom. The summed E-state index contributed by atoms with van der Waals surface area (Å²) >= 11 is 4.69. The van der Waals surface area contributed by atoms with E-state index in [9.17, 15) is 9.18 Å². The number of hydrogen-bond acceptors (Lipinski definition) is 2. The van der Waals surface area contributed by atoms with E-state index in [0.717, 1.165) is 10.6 Å². The van der Waals surface area contributed by atoms with Gasteiger partial charge < -0.3 is 5.32 Å². The van der Waals surface area contributed by atoms with Gasteiger partial charge in [0.05, 0.1) is 10.2 Å². The topological polar surface area (TPSA) is 29.1 Å². The third-order valence-electron chi connectivity index (χ3n) is 2.22. The molecule has 0 aromatic heterocycles. The number of hydrogen-bond donors (Lipinski definition) is 1. The van der Waals surface area contributed by atoms with Crippen LogP contribution in [0, 0.1) is 11.7 Å². The maximum atomic E-state index is 13.3. The average molecular weight is 290 g/mol. The Kier molecular flexibility index (Phi) is 3.02. The van der Waals surface area contributed by atoms with Crippen molar-refractivity contribution in [3.8, 4) is 0 Å². The lowest BCUT2D eigenvalue weighted by Crippen LogP contribution is -2.20. The SMILES string of the molecule is CC1CSc2cc(Br)c(F)cc2NC1=O. The quantitative estimate of drug-likeness (QED) is 0.794. The van der Waals surface area contributed by atoms with Crippen LogP contribution in [0.4, 0.5) is 10.1 Å². The van der Waals surface area contributed by atoms with E-state index in [1.165, 1.54) is 6.07 Å². The van der Waals surface area contributed by atoms with Gasteiger partial charge in [0, 0.05) is 16.6 Å². The minimum absolute atomic E-state index is 0.0516. The normalized spacial score (nSPS) is 20.5. The highest BCUT2D eigenvalue weighted by atomic mass is 79.9. The average Bonchev–Trinajstić information content (AvgIpc) is 2.31. The van der Waals surface area contributed by atoms with Gasteiger partial charge in [-0.3, -0.25) is 4.79 Å². The molecule has 1 unspecified atom stereocenters. The molecule has 1 aromatic rings. The molecule has 0 saturated carbocycles. The standard InChI is InChI=1S/C10H9BrFNOS/c1-5-4-15-9-2-6(11)7(12)3-8(9)13-10(5)14/h2-3,5H,4H2,1H3,(H,13,14). The second-order valence-electron chi connectivity index (χ2n) is 3.46. The summed E-state index contributed by atoms with van der Waals surface area (Å²) in [5, 5.41) is 2.72. The molecule has 1 aromatic carbocycles. The van der Waals surface area contributed by atoms with Gasteiger partial charge in [0.1, 0.15) is 5.82 Å². The van der Waals surface area contributed by atoms with E-state index in [-0.39, 0.29) is 17.6 Å². The van der Waals surface area contributed by atoms with Crippen molar-refractivity contribution >= 4 is 39.3 Å². The molecule has 2 nitrogen and oxygen atoms in total. The van der Waals surface area contributed by atoms with E-state index in [2.05, 4.69) is 21.2 Å². The predicted molar refractivity (Wildman–Crippen MR) is 62.6 cm³/mol. The number of fused-ring (bicyclic) bond motifs is 1. The minimum Gasteiger partial charge on any atom is -0.325 e. The Labute approximate surface area is 99.8 Å². The van der Waals surface area contributed by atoms with Crippen LogP contribution in [-0.4, -0.2) is 11.7 Å².